The smallest absolute Gasteiger partial charge is 0.165 e. The van der Waals surface area contributed by atoms with Crippen LogP contribution in [0.1, 0.15) is 64.4 Å². The lowest BCUT2D eigenvalue weighted by Gasteiger charge is -2.56. The van der Waals surface area contributed by atoms with Gasteiger partial charge < -0.3 is 5.11 Å². The fraction of sp³-hybridized carbons (Fsp3) is 0.577. The first-order valence-electron chi connectivity index (χ1n) is 11.2. The van der Waals surface area contributed by atoms with Crippen molar-refractivity contribution < 1.29 is 9.90 Å². The molecule has 3 saturated carbocycles. The topological polar surface area (TPSA) is 37.3 Å². The highest BCUT2D eigenvalue weighted by atomic mass is 35.5. The Morgan fingerprint density at radius 2 is 1.76 bits per heavy atom. The van der Waals surface area contributed by atoms with Gasteiger partial charge >= 0.3 is 0 Å². The van der Waals surface area contributed by atoms with Crippen LogP contribution in [0.15, 0.2) is 41.5 Å². The molecule has 29 heavy (non-hydrogen) atoms. The Kier molecular flexibility index (Phi) is 4.60. The van der Waals surface area contributed by atoms with E-state index in [-0.39, 0.29) is 16.9 Å². The minimum atomic E-state index is -0.213. The predicted molar refractivity (Wildman–Crippen MR) is 118 cm³/mol. The van der Waals surface area contributed by atoms with Gasteiger partial charge in [-0.2, -0.15) is 0 Å². The minimum absolute atomic E-state index is 0.165. The number of benzene rings is 1. The van der Waals surface area contributed by atoms with Crippen molar-refractivity contribution in [3.8, 4) is 0 Å². The number of carbonyl (C=O) groups excluding carboxylic acids is 1. The zero-order valence-electron chi connectivity index (χ0n) is 17.5. The quantitative estimate of drug-likeness (QED) is 0.440. The maximum absolute atomic E-state index is 13.5. The van der Waals surface area contributed by atoms with Gasteiger partial charge in [0, 0.05) is 10.4 Å². The van der Waals surface area contributed by atoms with Crippen molar-refractivity contribution in [2.75, 3.05) is 0 Å². The number of rotatable bonds is 1. The number of hydrogen-bond donors (Lipinski definition) is 1. The van der Waals surface area contributed by atoms with Crippen LogP contribution in [0.3, 0.4) is 0 Å². The number of allylic oxidation sites excluding steroid dienone is 2. The van der Waals surface area contributed by atoms with E-state index < -0.39 is 0 Å². The Labute approximate surface area is 179 Å². The third kappa shape index (κ3) is 2.98. The summed E-state index contributed by atoms with van der Waals surface area (Å²) >= 11 is 6.02. The van der Waals surface area contributed by atoms with E-state index in [1.54, 1.807) is 0 Å². The van der Waals surface area contributed by atoms with Crippen LogP contribution in [0.2, 0.25) is 5.02 Å². The summed E-state index contributed by atoms with van der Waals surface area (Å²) in [6.07, 6.45) is 11.3. The van der Waals surface area contributed by atoms with Crippen molar-refractivity contribution in [1.29, 1.82) is 0 Å². The van der Waals surface area contributed by atoms with Crippen molar-refractivity contribution in [1.82, 2.24) is 0 Å². The molecule has 3 heteroatoms. The normalized spacial score (nSPS) is 42.8. The molecule has 6 atom stereocenters. The van der Waals surface area contributed by atoms with E-state index in [4.69, 9.17) is 11.6 Å². The largest absolute Gasteiger partial charge is 0.393 e. The summed E-state index contributed by atoms with van der Waals surface area (Å²) in [7, 11) is 0. The van der Waals surface area contributed by atoms with Gasteiger partial charge in [-0.3, -0.25) is 4.79 Å². The van der Waals surface area contributed by atoms with Gasteiger partial charge in [0.1, 0.15) is 0 Å². The highest BCUT2D eigenvalue weighted by Gasteiger charge is 2.59. The first kappa shape index (κ1) is 19.6. The van der Waals surface area contributed by atoms with Crippen molar-refractivity contribution in [2.45, 2.75) is 64.9 Å². The van der Waals surface area contributed by atoms with E-state index >= 15 is 0 Å². The lowest BCUT2D eigenvalue weighted by molar-refractivity contribution is -0.130. The maximum atomic E-state index is 13.5. The van der Waals surface area contributed by atoms with Crippen molar-refractivity contribution in [3.63, 3.8) is 0 Å². The molecule has 1 aromatic rings. The van der Waals surface area contributed by atoms with Crippen LogP contribution in [0.4, 0.5) is 0 Å². The molecule has 5 rings (SSSR count). The maximum Gasteiger partial charge on any atom is 0.165 e. The third-order valence-corrected chi connectivity index (χ3v) is 9.18. The van der Waals surface area contributed by atoms with Gasteiger partial charge in [-0.05, 0) is 97.5 Å². The highest BCUT2D eigenvalue weighted by Crippen LogP contribution is 2.64. The summed E-state index contributed by atoms with van der Waals surface area (Å²) in [6, 6.07) is 7.79. The second kappa shape index (κ2) is 6.82. The van der Waals surface area contributed by atoms with E-state index in [0.29, 0.717) is 23.5 Å². The molecule has 2 nitrogen and oxygen atoms in total. The monoisotopic (exact) mass is 410 g/mol. The van der Waals surface area contributed by atoms with Gasteiger partial charge in [0.05, 0.1) is 6.10 Å². The summed E-state index contributed by atoms with van der Waals surface area (Å²) < 4.78 is 0. The van der Waals surface area contributed by atoms with Crippen LogP contribution in [0.25, 0.3) is 6.08 Å². The predicted octanol–water partition coefficient (Wildman–Crippen LogP) is 6.23. The van der Waals surface area contributed by atoms with Crippen molar-refractivity contribution in [3.05, 3.63) is 52.1 Å². The van der Waals surface area contributed by atoms with E-state index in [1.165, 1.54) is 5.57 Å². The molecule has 0 aliphatic heterocycles. The SMILES string of the molecule is C[C@@]12CC[C@H]3[C@H](CC=C4C[C@H](O)CC[C@@]43C)[C@H]1CC(=Cc1ccc(Cl)cc1)C2=O. The number of fused-ring (bicyclic) bond motifs is 5. The lowest BCUT2D eigenvalue weighted by atomic mass is 9.48. The fourth-order valence-electron chi connectivity index (χ4n) is 7.20. The molecule has 0 heterocycles. The molecule has 1 aromatic carbocycles. The average Bonchev–Trinajstić information content (AvgIpc) is 2.95. The third-order valence-electron chi connectivity index (χ3n) is 8.93. The van der Waals surface area contributed by atoms with Crippen LogP contribution in [0.5, 0.6) is 0 Å². The lowest BCUT2D eigenvalue weighted by Crippen LogP contribution is -2.50. The Bertz CT molecular complexity index is 898. The number of carbonyl (C=O) groups is 1. The molecule has 0 bridgehead atoms. The standard InChI is InChI=1S/C26H31ClO2/c1-25-11-9-20(28)15-18(25)5-8-21-22(25)10-12-26(2)23(21)14-17(24(26)29)13-16-3-6-19(27)7-4-16/h3-7,13,20-23,28H,8-12,14-15H2,1-2H3/t20-,21+,22+,23-,25+,26-/m1/s1. The van der Waals surface area contributed by atoms with Crippen LogP contribution in [-0.2, 0) is 4.79 Å². The van der Waals surface area contributed by atoms with Crippen molar-refractivity contribution >= 4 is 23.5 Å². The van der Waals surface area contributed by atoms with Gasteiger partial charge in [-0.15, -0.1) is 0 Å². The first-order chi connectivity index (χ1) is 13.8. The van der Waals surface area contributed by atoms with Crippen LogP contribution >= 0.6 is 11.6 Å². The summed E-state index contributed by atoms with van der Waals surface area (Å²) in [4.78, 5) is 13.5. The summed E-state index contributed by atoms with van der Waals surface area (Å²) in [5, 5.41) is 10.9. The van der Waals surface area contributed by atoms with Gasteiger partial charge in [0.2, 0.25) is 0 Å². The molecule has 3 fully saturated rings. The highest BCUT2D eigenvalue weighted by molar-refractivity contribution is 6.30. The van der Waals surface area contributed by atoms with E-state index in [1.807, 2.05) is 24.3 Å². The number of Topliss-reactive ketones (excluding diaryl/α,β-unsaturated/α-hetero) is 1. The molecule has 0 unspecified atom stereocenters. The van der Waals surface area contributed by atoms with Gasteiger partial charge in [0.15, 0.2) is 5.78 Å². The van der Waals surface area contributed by atoms with E-state index in [9.17, 15) is 9.90 Å². The molecule has 0 spiro atoms. The molecule has 0 amide bonds. The van der Waals surface area contributed by atoms with Gasteiger partial charge in [0.25, 0.3) is 0 Å². The van der Waals surface area contributed by atoms with E-state index in [0.717, 1.165) is 61.1 Å². The Morgan fingerprint density at radius 1 is 1.03 bits per heavy atom. The molecule has 4 aliphatic carbocycles. The number of aliphatic hydroxyl groups excluding tert-OH is 1. The Morgan fingerprint density at radius 3 is 2.52 bits per heavy atom. The number of halogens is 1. The van der Waals surface area contributed by atoms with Crippen LogP contribution in [0, 0.1) is 28.6 Å². The number of hydrogen-bond acceptors (Lipinski definition) is 2. The molecule has 0 aromatic heterocycles. The van der Waals surface area contributed by atoms with Crippen LogP contribution < -0.4 is 0 Å². The second-order valence-electron chi connectivity index (χ2n) is 10.4. The first-order valence-corrected chi connectivity index (χ1v) is 11.6. The Hall–Kier alpha value is -1.38. The summed E-state index contributed by atoms with van der Waals surface area (Å²) in [5.74, 6) is 2.04. The van der Waals surface area contributed by atoms with E-state index in [2.05, 4.69) is 26.0 Å². The minimum Gasteiger partial charge on any atom is -0.393 e. The molecule has 154 valence electrons. The van der Waals surface area contributed by atoms with Gasteiger partial charge in [-0.1, -0.05) is 49.2 Å². The molecule has 0 radical (unpaired) electrons. The van der Waals surface area contributed by atoms with Gasteiger partial charge in [-0.25, -0.2) is 0 Å². The average molecular weight is 411 g/mol. The summed E-state index contributed by atoms with van der Waals surface area (Å²) in [6.45, 7) is 4.66. The molecular formula is C26H31ClO2. The zero-order chi connectivity index (χ0) is 20.4. The second-order valence-corrected chi connectivity index (χ2v) is 10.8. The zero-order valence-corrected chi connectivity index (χ0v) is 18.2. The molecule has 0 saturated heterocycles. The number of aliphatic hydroxyl groups is 1. The summed E-state index contributed by atoms with van der Waals surface area (Å²) in [5.41, 5.74) is 3.56. The fourth-order valence-corrected chi connectivity index (χ4v) is 7.33. The molecular weight excluding hydrogens is 380 g/mol. The Balaban J connectivity index is 1.47. The molecule has 1 N–H and O–H groups in total. The number of ketones is 1. The van der Waals surface area contributed by atoms with Crippen molar-refractivity contribution in [2.24, 2.45) is 28.6 Å². The molecule has 4 aliphatic rings. The van der Waals surface area contributed by atoms with Crippen LogP contribution in [-0.4, -0.2) is 17.0 Å².